The molecule has 7 nitrogen and oxygen atoms in total. The summed E-state index contributed by atoms with van der Waals surface area (Å²) in [5, 5.41) is 16.2. The van der Waals surface area contributed by atoms with Gasteiger partial charge in [0.2, 0.25) is 0 Å². The predicted molar refractivity (Wildman–Crippen MR) is 92.7 cm³/mol. The third-order valence-corrected chi connectivity index (χ3v) is 3.83. The highest BCUT2D eigenvalue weighted by Crippen LogP contribution is 2.15. The summed E-state index contributed by atoms with van der Waals surface area (Å²) in [5.41, 5.74) is 1.94. The molecule has 2 N–H and O–H groups in total. The zero-order valence-electron chi connectivity index (χ0n) is 14.7. The van der Waals surface area contributed by atoms with Crippen LogP contribution in [0.3, 0.4) is 0 Å². The molecule has 25 heavy (non-hydrogen) atoms. The summed E-state index contributed by atoms with van der Waals surface area (Å²) in [6.07, 6.45) is 1.95. The van der Waals surface area contributed by atoms with E-state index in [1.165, 1.54) is 0 Å². The Morgan fingerprint density at radius 2 is 2.00 bits per heavy atom. The number of nitrogens with one attached hydrogen (secondary N) is 1. The van der Waals surface area contributed by atoms with Crippen molar-refractivity contribution in [1.29, 1.82) is 0 Å². The normalized spacial score (nSPS) is 11.8. The molecule has 0 saturated carbocycles. The number of hydrogen-bond donors (Lipinski definition) is 2. The maximum absolute atomic E-state index is 12.2. The fourth-order valence-electron chi connectivity index (χ4n) is 2.55. The lowest BCUT2D eigenvalue weighted by atomic mass is 9.99. The number of amides is 1. The number of nitrogens with zero attached hydrogens (tertiary/aromatic N) is 2. The Bertz CT molecular complexity index is 737. The lowest BCUT2D eigenvalue weighted by Gasteiger charge is -2.14. The molecule has 0 bridgehead atoms. The van der Waals surface area contributed by atoms with Crippen molar-refractivity contribution in [1.82, 2.24) is 15.1 Å². The first kappa shape index (κ1) is 18.5. The van der Waals surface area contributed by atoms with Crippen molar-refractivity contribution in [2.45, 2.75) is 20.3 Å². The van der Waals surface area contributed by atoms with Crippen LogP contribution in [-0.4, -0.2) is 39.9 Å². The minimum atomic E-state index is -0.947. The molecule has 2 rings (SSSR count). The Morgan fingerprint density at radius 3 is 2.52 bits per heavy atom. The number of rotatable bonds is 8. The SMILES string of the molecule is CCOc1ccc(CC(CNC(=O)c2cn(C)nc2C)C(=O)O)cc1. The number of hydrogen-bond acceptors (Lipinski definition) is 4. The highest BCUT2D eigenvalue weighted by Gasteiger charge is 2.20. The first-order valence-electron chi connectivity index (χ1n) is 8.13. The maximum Gasteiger partial charge on any atom is 0.308 e. The molecule has 1 atom stereocenters. The molecule has 7 heteroatoms. The van der Waals surface area contributed by atoms with Gasteiger partial charge < -0.3 is 15.2 Å². The minimum Gasteiger partial charge on any atom is -0.494 e. The Morgan fingerprint density at radius 1 is 1.32 bits per heavy atom. The monoisotopic (exact) mass is 345 g/mol. The lowest BCUT2D eigenvalue weighted by Crippen LogP contribution is -2.34. The average Bonchev–Trinajstić information content (AvgIpc) is 2.91. The average molecular weight is 345 g/mol. The number of aliphatic carboxylic acids is 1. The van der Waals surface area contributed by atoms with E-state index in [-0.39, 0.29) is 12.5 Å². The molecule has 1 aromatic carbocycles. The first-order chi connectivity index (χ1) is 11.9. The zero-order valence-corrected chi connectivity index (χ0v) is 14.7. The van der Waals surface area contributed by atoms with Gasteiger partial charge in [-0.1, -0.05) is 12.1 Å². The van der Waals surface area contributed by atoms with Crippen LogP contribution in [-0.2, 0) is 18.3 Å². The molecule has 0 spiro atoms. The van der Waals surface area contributed by atoms with Gasteiger partial charge in [-0.2, -0.15) is 5.10 Å². The molecule has 0 aliphatic heterocycles. The van der Waals surface area contributed by atoms with Crippen molar-refractivity contribution in [3.8, 4) is 5.75 Å². The number of aromatic nitrogens is 2. The van der Waals surface area contributed by atoms with E-state index in [0.717, 1.165) is 11.3 Å². The highest BCUT2D eigenvalue weighted by molar-refractivity contribution is 5.95. The van der Waals surface area contributed by atoms with Crippen molar-refractivity contribution in [2.75, 3.05) is 13.2 Å². The summed E-state index contributed by atoms with van der Waals surface area (Å²) in [5.74, 6) is -1.22. The highest BCUT2D eigenvalue weighted by atomic mass is 16.5. The van der Waals surface area contributed by atoms with Gasteiger partial charge in [0, 0.05) is 19.8 Å². The smallest absolute Gasteiger partial charge is 0.308 e. The van der Waals surface area contributed by atoms with E-state index in [4.69, 9.17) is 4.74 Å². The van der Waals surface area contributed by atoms with Gasteiger partial charge in [-0.25, -0.2) is 0 Å². The van der Waals surface area contributed by atoms with Gasteiger partial charge in [-0.3, -0.25) is 14.3 Å². The Kier molecular flexibility index (Phi) is 6.16. The van der Waals surface area contributed by atoms with Gasteiger partial charge in [0.15, 0.2) is 0 Å². The molecule has 1 unspecified atom stereocenters. The van der Waals surface area contributed by atoms with Crippen LogP contribution >= 0.6 is 0 Å². The van der Waals surface area contributed by atoms with Crippen LogP contribution in [0.25, 0.3) is 0 Å². The van der Waals surface area contributed by atoms with Crippen LogP contribution in [0.4, 0.5) is 0 Å². The van der Waals surface area contributed by atoms with Crippen LogP contribution in [0.5, 0.6) is 5.75 Å². The Hall–Kier alpha value is -2.83. The van der Waals surface area contributed by atoms with Crippen LogP contribution in [0.2, 0.25) is 0 Å². The fourth-order valence-corrected chi connectivity index (χ4v) is 2.55. The third-order valence-electron chi connectivity index (χ3n) is 3.83. The molecule has 1 amide bonds. The predicted octanol–water partition coefficient (Wildman–Crippen LogP) is 1.80. The third kappa shape index (κ3) is 5.07. The number of benzene rings is 1. The number of carboxylic acids is 1. The molecule has 0 saturated heterocycles. The van der Waals surface area contributed by atoms with Crippen molar-refractivity contribution in [2.24, 2.45) is 13.0 Å². The van der Waals surface area contributed by atoms with E-state index in [1.54, 1.807) is 24.9 Å². The topological polar surface area (TPSA) is 93.5 Å². The van der Waals surface area contributed by atoms with Crippen molar-refractivity contribution < 1.29 is 19.4 Å². The van der Waals surface area contributed by atoms with Crippen LogP contribution < -0.4 is 10.1 Å². The van der Waals surface area contributed by atoms with Gasteiger partial charge in [0.05, 0.1) is 23.8 Å². The van der Waals surface area contributed by atoms with E-state index in [1.807, 2.05) is 31.2 Å². The van der Waals surface area contributed by atoms with Gasteiger partial charge in [0.25, 0.3) is 5.91 Å². The molecule has 134 valence electrons. The van der Waals surface area contributed by atoms with E-state index >= 15 is 0 Å². The lowest BCUT2D eigenvalue weighted by molar-refractivity contribution is -0.141. The van der Waals surface area contributed by atoms with Crippen molar-refractivity contribution in [3.63, 3.8) is 0 Å². The first-order valence-corrected chi connectivity index (χ1v) is 8.13. The summed E-state index contributed by atoms with van der Waals surface area (Å²) in [4.78, 5) is 23.7. The van der Waals surface area contributed by atoms with E-state index in [0.29, 0.717) is 24.3 Å². The summed E-state index contributed by atoms with van der Waals surface area (Å²) in [6, 6.07) is 7.31. The number of carbonyl (C=O) groups excluding carboxylic acids is 1. The van der Waals surface area contributed by atoms with Crippen LogP contribution in [0.15, 0.2) is 30.5 Å². The molecular formula is C18H23N3O4. The Balaban J connectivity index is 1.97. The van der Waals surface area contributed by atoms with E-state index in [9.17, 15) is 14.7 Å². The standard InChI is InChI=1S/C18H23N3O4/c1-4-25-15-7-5-13(6-8-15)9-14(18(23)24)10-19-17(22)16-11-21(3)20-12(16)2/h5-8,11,14H,4,9-10H2,1-3H3,(H,19,22)(H,23,24). The maximum atomic E-state index is 12.2. The van der Waals surface area contributed by atoms with Crippen molar-refractivity contribution >= 4 is 11.9 Å². The van der Waals surface area contributed by atoms with Gasteiger partial charge in [0.1, 0.15) is 5.75 Å². The second-order valence-corrected chi connectivity index (χ2v) is 5.83. The van der Waals surface area contributed by atoms with Gasteiger partial charge in [-0.05, 0) is 38.0 Å². The largest absolute Gasteiger partial charge is 0.494 e. The summed E-state index contributed by atoms with van der Waals surface area (Å²) in [6.45, 7) is 4.27. The molecule has 1 heterocycles. The van der Waals surface area contributed by atoms with Gasteiger partial charge >= 0.3 is 5.97 Å². The van der Waals surface area contributed by atoms with E-state index in [2.05, 4.69) is 10.4 Å². The number of aryl methyl sites for hydroxylation is 2. The molecule has 0 fully saturated rings. The summed E-state index contributed by atoms with van der Waals surface area (Å²) >= 11 is 0. The molecule has 1 aromatic heterocycles. The molecule has 0 radical (unpaired) electrons. The van der Waals surface area contributed by atoms with Crippen molar-refractivity contribution in [3.05, 3.63) is 47.3 Å². The fraction of sp³-hybridized carbons (Fsp3) is 0.389. The van der Waals surface area contributed by atoms with E-state index < -0.39 is 11.9 Å². The number of ether oxygens (including phenoxy) is 1. The summed E-state index contributed by atoms with van der Waals surface area (Å²) < 4.78 is 6.93. The number of carboxylic acid groups (broad SMARTS) is 1. The molecule has 0 aliphatic rings. The quantitative estimate of drug-likeness (QED) is 0.761. The second kappa shape index (κ2) is 8.32. The minimum absolute atomic E-state index is 0.0513. The molecular weight excluding hydrogens is 322 g/mol. The van der Waals surface area contributed by atoms with Gasteiger partial charge in [-0.15, -0.1) is 0 Å². The van der Waals surface area contributed by atoms with Crippen LogP contribution in [0, 0.1) is 12.8 Å². The summed E-state index contributed by atoms with van der Waals surface area (Å²) in [7, 11) is 1.73. The molecule has 0 aliphatic carbocycles. The second-order valence-electron chi connectivity index (χ2n) is 5.83. The molecule has 2 aromatic rings. The zero-order chi connectivity index (χ0) is 18.4. The Labute approximate surface area is 146 Å². The van der Waals surface area contributed by atoms with Crippen LogP contribution in [0.1, 0.15) is 28.5 Å². The number of carbonyl (C=O) groups is 2.